The van der Waals surface area contributed by atoms with Gasteiger partial charge < -0.3 is 10.0 Å². The van der Waals surface area contributed by atoms with Crippen LogP contribution in [0, 0.1) is 5.41 Å². The van der Waals surface area contributed by atoms with Crippen LogP contribution in [0.5, 0.6) is 0 Å². The average Bonchev–Trinajstić information content (AvgIpc) is 3.12. The Balaban J connectivity index is 1.69. The second kappa shape index (κ2) is 6.50. The van der Waals surface area contributed by atoms with Crippen molar-refractivity contribution in [1.82, 2.24) is 19.9 Å². The molecule has 1 fully saturated rings. The van der Waals surface area contributed by atoms with Crippen molar-refractivity contribution >= 4 is 5.91 Å². The van der Waals surface area contributed by atoms with Crippen LogP contribution in [0.15, 0.2) is 36.5 Å². The van der Waals surface area contributed by atoms with Gasteiger partial charge in [0.2, 0.25) is 0 Å². The third kappa shape index (κ3) is 3.12. The van der Waals surface area contributed by atoms with Gasteiger partial charge in [-0.15, -0.1) is 5.10 Å². The van der Waals surface area contributed by atoms with Crippen LogP contribution >= 0.6 is 0 Å². The Morgan fingerprint density at radius 3 is 2.57 bits per heavy atom. The van der Waals surface area contributed by atoms with Gasteiger partial charge in [0.15, 0.2) is 5.69 Å². The van der Waals surface area contributed by atoms with Gasteiger partial charge in [0, 0.05) is 19.7 Å². The Hall–Kier alpha value is -2.21. The molecule has 1 aliphatic heterocycles. The molecule has 1 aromatic heterocycles. The van der Waals surface area contributed by atoms with Crippen molar-refractivity contribution < 1.29 is 9.90 Å². The van der Waals surface area contributed by atoms with Crippen molar-refractivity contribution in [2.75, 3.05) is 19.7 Å². The molecule has 0 saturated carbocycles. The minimum absolute atomic E-state index is 0.0293. The van der Waals surface area contributed by atoms with E-state index >= 15 is 0 Å². The van der Waals surface area contributed by atoms with E-state index in [-0.39, 0.29) is 17.9 Å². The normalized spacial score (nSPS) is 17.2. The predicted molar refractivity (Wildman–Crippen MR) is 86.3 cm³/mol. The molecule has 0 unspecified atom stereocenters. The molecule has 2 aromatic rings. The molecule has 0 spiro atoms. The van der Waals surface area contributed by atoms with E-state index in [4.69, 9.17) is 0 Å². The standard InChI is InChI=1S/C17H22N4O2/c1-2-17(13-22)8-10-20(11-9-17)16(23)15-12-18-21(19-15)14-6-4-3-5-7-14/h3-7,12,22H,2,8-11,13H2,1H3. The molecule has 1 amide bonds. The van der Waals surface area contributed by atoms with Gasteiger partial charge in [0.25, 0.3) is 5.91 Å². The number of carbonyl (C=O) groups excluding carboxylic acids is 1. The third-order valence-corrected chi connectivity index (χ3v) is 4.89. The monoisotopic (exact) mass is 314 g/mol. The highest BCUT2D eigenvalue weighted by Crippen LogP contribution is 2.34. The Kier molecular flexibility index (Phi) is 4.43. The molecule has 6 heteroatoms. The van der Waals surface area contributed by atoms with Crippen LogP contribution in [0.25, 0.3) is 5.69 Å². The number of hydrogen-bond acceptors (Lipinski definition) is 4. The molecule has 0 radical (unpaired) electrons. The highest BCUT2D eigenvalue weighted by Gasteiger charge is 2.34. The molecular weight excluding hydrogens is 292 g/mol. The van der Waals surface area contributed by atoms with Crippen LogP contribution in [-0.2, 0) is 0 Å². The molecule has 23 heavy (non-hydrogen) atoms. The summed E-state index contributed by atoms with van der Waals surface area (Å²) >= 11 is 0. The molecule has 6 nitrogen and oxygen atoms in total. The molecule has 2 heterocycles. The SMILES string of the molecule is CCC1(CO)CCN(C(=O)c2cnn(-c3ccccc3)n2)CC1. The number of carbonyl (C=O) groups is 1. The fourth-order valence-electron chi connectivity index (χ4n) is 3.02. The van der Waals surface area contributed by atoms with Crippen molar-refractivity contribution in [2.24, 2.45) is 5.41 Å². The number of piperidine rings is 1. The van der Waals surface area contributed by atoms with Gasteiger partial charge in [-0.05, 0) is 36.8 Å². The first-order valence-electron chi connectivity index (χ1n) is 8.05. The third-order valence-electron chi connectivity index (χ3n) is 4.89. The molecule has 1 aromatic carbocycles. The summed E-state index contributed by atoms with van der Waals surface area (Å²) in [6.07, 6.45) is 4.12. The number of aliphatic hydroxyl groups excluding tert-OH is 1. The average molecular weight is 314 g/mol. The zero-order valence-electron chi connectivity index (χ0n) is 13.4. The summed E-state index contributed by atoms with van der Waals surface area (Å²) in [5.41, 5.74) is 1.16. The molecule has 1 saturated heterocycles. The summed E-state index contributed by atoms with van der Waals surface area (Å²) in [5, 5.41) is 18.1. The van der Waals surface area contributed by atoms with E-state index < -0.39 is 0 Å². The first-order chi connectivity index (χ1) is 11.2. The number of rotatable bonds is 4. The van der Waals surface area contributed by atoms with E-state index in [2.05, 4.69) is 17.1 Å². The number of likely N-dealkylation sites (tertiary alicyclic amines) is 1. The summed E-state index contributed by atoms with van der Waals surface area (Å²) in [5.74, 6) is -0.0881. The van der Waals surface area contributed by atoms with Gasteiger partial charge in [-0.1, -0.05) is 25.1 Å². The lowest BCUT2D eigenvalue weighted by Gasteiger charge is -2.39. The summed E-state index contributed by atoms with van der Waals surface area (Å²) in [6.45, 7) is 3.60. The molecule has 0 aliphatic carbocycles. The van der Waals surface area contributed by atoms with Crippen LogP contribution in [0.2, 0.25) is 0 Å². The zero-order chi connectivity index (χ0) is 16.3. The molecule has 0 bridgehead atoms. The lowest BCUT2D eigenvalue weighted by molar-refractivity contribution is 0.0334. The molecular formula is C17H22N4O2. The van der Waals surface area contributed by atoms with Crippen molar-refractivity contribution in [3.05, 3.63) is 42.2 Å². The van der Waals surface area contributed by atoms with E-state index in [0.717, 1.165) is 24.9 Å². The number of aliphatic hydroxyl groups is 1. The summed E-state index contributed by atoms with van der Waals surface area (Å²) in [6, 6.07) is 9.53. The topological polar surface area (TPSA) is 71.2 Å². The predicted octanol–water partition coefficient (Wildman–Crippen LogP) is 1.89. The van der Waals surface area contributed by atoms with Crippen molar-refractivity contribution in [2.45, 2.75) is 26.2 Å². The minimum Gasteiger partial charge on any atom is -0.396 e. The Bertz CT molecular complexity index is 654. The summed E-state index contributed by atoms with van der Waals surface area (Å²) in [4.78, 5) is 15.9. The van der Waals surface area contributed by atoms with Gasteiger partial charge >= 0.3 is 0 Å². The van der Waals surface area contributed by atoms with Crippen LogP contribution in [0.1, 0.15) is 36.7 Å². The maximum Gasteiger partial charge on any atom is 0.276 e. The van der Waals surface area contributed by atoms with Gasteiger partial charge in [-0.2, -0.15) is 9.90 Å². The van der Waals surface area contributed by atoms with Crippen molar-refractivity contribution in [3.8, 4) is 5.69 Å². The minimum atomic E-state index is -0.0881. The number of hydrogen-bond donors (Lipinski definition) is 1. The lowest BCUT2D eigenvalue weighted by atomic mass is 9.77. The van der Waals surface area contributed by atoms with Crippen molar-refractivity contribution in [3.63, 3.8) is 0 Å². The number of nitrogens with zero attached hydrogens (tertiary/aromatic N) is 4. The molecule has 122 valence electrons. The molecule has 1 aliphatic rings. The fourth-order valence-corrected chi connectivity index (χ4v) is 3.02. The van der Waals surface area contributed by atoms with E-state index in [9.17, 15) is 9.90 Å². The zero-order valence-corrected chi connectivity index (χ0v) is 13.4. The van der Waals surface area contributed by atoms with Crippen LogP contribution < -0.4 is 0 Å². The van der Waals surface area contributed by atoms with Crippen LogP contribution in [0.3, 0.4) is 0 Å². The largest absolute Gasteiger partial charge is 0.396 e. The fraction of sp³-hybridized carbons (Fsp3) is 0.471. The lowest BCUT2D eigenvalue weighted by Crippen LogP contribution is -2.44. The number of aromatic nitrogens is 3. The highest BCUT2D eigenvalue weighted by atomic mass is 16.3. The highest BCUT2D eigenvalue weighted by molar-refractivity contribution is 5.92. The van der Waals surface area contributed by atoms with Gasteiger partial charge in [0.05, 0.1) is 11.9 Å². The van der Waals surface area contributed by atoms with E-state index in [1.807, 2.05) is 35.2 Å². The first kappa shape index (κ1) is 15.7. The molecule has 3 rings (SSSR count). The van der Waals surface area contributed by atoms with Gasteiger partial charge in [0.1, 0.15) is 0 Å². The van der Waals surface area contributed by atoms with Gasteiger partial charge in [-0.3, -0.25) is 4.79 Å². The van der Waals surface area contributed by atoms with Crippen molar-refractivity contribution in [1.29, 1.82) is 0 Å². The first-order valence-corrected chi connectivity index (χ1v) is 8.05. The maximum atomic E-state index is 12.6. The maximum absolute atomic E-state index is 12.6. The Morgan fingerprint density at radius 2 is 1.96 bits per heavy atom. The second-order valence-corrected chi connectivity index (χ2v) is 6.16. The number of para-hydroxylation sites is 1. The van der Waals surface area contributed by atoms with Crippen LogP contribution in [0.4, 0.5) is 0 Å². The summed E-state index contributed by atoms with van der Waals surface area (Å²) in [7, 11) is 0. The van der Waals surface area contributed by atoms with E-state index in [0.29, 0.717) is 18.8 Å². The second-order valence-electron chi connectivity index (χ2n) is 6.16. The smallest absolute Gasteiger partial charge is 0.276 e. The van der Waals surface area contributed by atoms with Crippen LogP contribution in [-0.4, -0.2) is 50.6 Å². The summed E-state index contributed by atoms with van der Waals surface area (Å²) < 4.78 is 0. The Morgan fingerprint density at radius 1 is 1.26 bits per heavy atom. The Labute approximate surface area is 135 Å². The molecule has 0 atom stereocenters. The van der Waals surface area contributed by atoms with E-state index in [1.54, 1.807) is 0 Å². The number of benzene rings is 1. The molecule has 1 N–H and O–H groups in total. The van der Waals surface area contributed by atoms with Gasteiger partial charge in [-0.25, -0.2) is 0 Å². The quantitative estimate of drug-likeness (QED) is 0.935. The number of amides is 1. The van der Waals surface area contributed by atoms with E-state index in [1.165, 1.54) is 11.0 Å².